The molecule has 0 radical (unpaired) electrons. The van der Waals surface area contributed by atoms with Crippen LogP contribution in [0.5, 0.6) is 5.75 Å². The molecule has 2 aromatic rings. The summed E-state index contributed by atoms with van der Waals surface area (Å²) in [5.41, 5.74) is 7.18. The highest BCUT2D eigenvalue weighted by atomic mass is 16.3. The van der Waals surface area contributed by atoms with Gasteiger partial charge in [0.25, 0.3) is 0 Å². The Hall–Kier alpha value is -2.03. The van der Waals surface area contributed by atoms with Crippen LogP contribution in [0.2, 0.25) is 0 Å². The van der Waals surface area contributed by atoms with E-state index in [0.29, 0.717) is 5.82 Å². The lowest BCUT2D eigenvalue weighted by Crippen LogP contribution is -1.90. The van der Waals surface area contributed by atoms with Gasteiger partial charge in [0.15, 0.2) is 0 Å². The van der Waals surface area contributed by atoms with Crippen LogP contribution in [0.4, 0.5) is 5.82 Å². The standard InChI is InChI=1S/C11H10N2O/c12-11-6-2-5-10(13-11)8-3-1-4-9(14)7-8/h1-7,14H,(H2,12,13). The molecule has 0 bridgehead atoms. The number of nitrogens with two attached hydrogens (primary N) is 1. The smallest absolute Gasteiger partial charge is 0.124 e. The van der Waals surface area contributed by atoms with Crippen molar-refractivity contribution in [3.63, 3.8) is 0 Å². The fourth-order valence-corrected chi connectivity index (χ4v) is 1.28. The van der Waals surface area contributed by atoms with Crippen molar-refractivity contribution in [1.82, 2.24) is 4.98 Å². The van der Waals surface area contributed by atoms with Crippen LogP contribution >= 0.6 is 0 Å². The van der Waals surface area contributed by atoms with Crippen molar-refractivity contribution in [2.45, 2.75) is 0 Å². The summed E-state index contributed by atoms with van der Waals surface area (Å²) in [4.78, 5) is 4.15. The number of hydrogen-bond acceptors (Lipinski definition) is 3. The van der Waals surface area contributed by atoms with Gasteiger partial charge in [-0.3, -0.25) is 0 Å². The Kier molecular flexibility index (Phi) is 2.07. The van der Waals surface area contributed by atoms with Gasteiger partial charge in [0, 0.05) is 5.56 Å². The number of rotatable bonds is 1. The van der Waals surface area contributed by atoms with E-state index in [-0.39, 0.29) is 5.75 Å². The van der Waals surface area contributed by atoms with Gasteiger partial charge in [-0.05, 0) is 24.3 Å². The molecule has 1 heterocycles. The Labute approximate surface area is 81.8 Å². The number of phenolic OH excluding ortho intramolecular Hbond substituents is 1. The molecule has 1 aromatic heterocycles. The Balaban J connectivity index is 2.49. The predicted octanol–water partition coefficient (Wildman–Crippen LogP) is 2.04. The molecule has 0 atom stereocenters. The largest absolute Gasteiger partial charge is 0.508 e. The molecule has 0 aliphatic carbocycles. The summed E-state index contributed by atoms with van der Waals surface area (Å²) in [6.07, 6.45) is 0. The maximum absolute atomic E-state index is 9.28. The second-order valence-electron chi connectivity index (χ2n) is 3.00. The number of nitrogen functional groups attached to an aromatic ring is 1. The monoisotopic (exact) mass is 186 g/mol. The van der Waals surface area contributed by atoms with E-state index in [1.54, 1.807) is 24.3 Å². The van der Waals surface area contributed by atoms with Crippen molar-refractivity contribution in [2.75, 3.05) is 5.73 Å². The zero-order valence-electron chi connectivity index (χ0n) is 7.51. The summed E-state index contributed by atoms with van der Waals surface area (Å²) in [6.45, 7) is 0. The van der Waals surface area contributed by atoms with Crippen molar-refractivity contribution in [3.8, 4) is 17.0 Å². The van der Waals surface area contributed by atoms with Crippen LogP contribution in [0, 0.1) is 0 Å². The van der Waals surface area contributed by atoms with Gasteiger partial charge in [0.05, 0.1) is 5.69 Å². The van der Waals surface area contributed by atoms with Gasteiger partial charge < -0.3 is 10.8 Å². The molecule has 0 saturated carbocycles. The van der Waals surface area contributed by atoms with Crippen molar-refractivity contribution in [3.05, 3.63) is 42.5 Å². The summed E-state index contributed by atoms with van der Waals surface area (Å²) in [5, 5.41) is 9.28. The van der Waals surface area contributed by atoms with Crippen LogP contribution in [0.3, 0.4) is 0 Å². The zero-order valence-corrected chi connectivity index (χ0v) is 7.51. The molecule has 70 valence electrons. The van der Waals surface area contributed by atoms with E-state index < -0.39 is 0 Å². The molecular formula is C11H10N2O. The summed E-state index contributed by atoms with van der Waals surface area (Å²) in [7, 11) is 0. The maximum atomic E-state index is 9.28. The highest BCUT2D eigenvalue weighted by Crippen LogP contribution is 2.21. The minimum atomic E-state index is 0.228. The molecule has 0 saturated heterocycles. The van der Waals surface area contributed by atoms with Gasteiger partial charge in [-0.1, -0.05) is 18.2 Å². The molecule has 3 N–H and O–H groups in total. The number of anilines is 1. The molecule has 14 heavy (non-hydrogen) atoms. The topological polar surface area (TPSA) is 59.1 Å². The number of nitrogens with zero attached hydrogens (tertiary/aromatic N) is 1. The molecule has 0 aliphatic rings. The first kappa shape index (κ1) is 8.56. The third kappa shape index (κ3) is 1.66. The third-order valence-electron chi connectivity index (χ3n) is 1.91. The molecule has 3 heteroatoms. The predicted molar refractivity (Wildman–Crippen MR) is 55.8 cm³/mol. The average molecular weight is 186 g/mol. The Morgan fingerprint density at radius 1 is 1.07 bits per heavy atom. The minimum absolute atomic E-state index is 0.228. The van der Waals surface area contributed by atoms with Gasteiger partial charge in [-0.15, -0.1) is 0 Å². The van der Waals surface area contributed by atoms with Crippen molar-refractivity contribution in [2.24, 2.45) is 0 Å². The summed E-state index contributed by atoms with van der Waals surface area (Å²) < 4.78 is 0. The number of aromatic hydroxyl groups is 1. The lowest BCUT2D eigenvalue weighted by molar-refractivity contribution is 0.475. The highest BCUT2D eigenvalue weighted by molar-refractivity contribution is 5.62. The van der Waals surface area contributed by atoms with Crippen LogP contribution in [0.25, 0.3) is 11.3 Å². The lowest BCUT2D eigenvalue weighted by Gasteiger charge is -2.01. The molecule has 0 aliphatic heterocycles. The summed E-state index contributed by atoms with van der Waals surface area (Å²) in [6, 6.07) is 12.3. The molecule has 2 rings (SSSR count). The third-order valence-corrected chi connectivity index (χ3v) is 1.91. The van der Waals surface area contributed by atoms with E-state index in [2.05, 4.69) is 4.98 Å². The fourth-order valence-electron chi connectivity index (χ4n) is 1.28. The molecule has 3 nitrogen and oxygen atoms in total. The SMILES string of the molecule is Nc1cccc(-c2cccc(O)c2)n1. The van der Waals surface area contributed by atoms with E-state index in [4.69, 9.17) is 5.73 Å². The van der Waals surface area contributed by atoms with Gasteiger partial charge in [0.2, 0.25) is 0 Å². The van der Waals surface area contributed by atoms with Crippen molar-refractivity contribution >= 4 is 5.82 Å². The number of hydrogen-bond donors (Lipinski definition) is 2. The first-order valence-electron chi connectivity index (χ1n) is 4.27. The van der Waals surface area contributed by atoms with Crippen LogP contribution in [-0.2, 0) is 0 Å². The second kappa shape index (κ2) is 3.38. The summed E-state index contributed by atoms with van der Waals surface area (Å²) in [5.74, 6) is 0.706. The molecule has 0 fully saturated rings. The first-order chi connectivity index (χ1) is 6.75. The number of pyridine rings is 1. The van der Waals surface area contributed by atoms with Gasteiger partial charge in [0.1, 0.15) is 11.6 Å². The Bertz CT molecular complexity index is 411. The van der Waals surface area contributed by atoms with Crippen LogP contribution in [-0.4, -0.2) is 10.1 Å². The van der Waals surface area contributed by atoms with E-state index in [9.17, 15) is 5.11 Å². The van der Waals surface area contributed by atoms with Gasteiger partial charge >= 0.3 is 0 Å². The van der Waals surface area contributed by atoms with Gasteiger partial charge in [-0.2, -0.15) is 0 Å². The Morgan fingerprint density at radius 3 is 2.57 bits per heavy atom. The molecule has 0 amide bonds. The van der Waals surface area contributed by atoms with E-state index in [1.807, 2.05) is 18.2 Å². The Morgan fingerprint density at radius 2 is 1.86 bits per heavy atom. The second-order valence-corrected chi connectivity index (χ2v) is 3.00. The molecule has 0 unspecified atom stereocenters. The first-order valence-corrected chi connectivity index (χ1v) is 4.27. The quantitative estimate of drug-likeness (QED) is 0.716. The lowest BCUT2D eigenvalue weighted by atomic mass is 10.1. The van der Waals surface area contributed by atoms with Crippen LogP contribution in [0.1, 0.15) is 0 Å². The average Bonchev–Trinajstić information content (AvgIpc) is 2.18. The molecular weight excluding hydrogens is 176 g/mol. The van der Waals surface area contributed by atoms with E-state index in [1.165, 1.54) is 0 Å². The van der Waals surface area contributed by atoms with Crippen molar-refractivity contribution < 1.29 is 5.11 Å². The normalized spacial score (nSPS) is 10.0. The maximum Gasteiger partial charge on any atom is 0.124 e. The number of benzene rings is 1. The summed E-state index contributed by atoms with van der Waals surface area (Å²) >= 11 is 0. The van der Waals surface area contributed by atoms with E-state index in [0.717, 1.165) is 11.3 Å². The molecule has 1 aromatic carbocycles. The highest BCUT2D eigenvalue weighted by Gasteiger charge is 1.99. The number of aromatic nitrogens is 1. The molecule has 0 spiro atoms. The minimum Gasteiger partial charge on any atom is -0.508 e. The van der Waals surface area contributed by atoms with Gasteiger partial charge in [-0.25, -0.2) is 4.98 Å². The van der Waals surface area contributed by atoms with Crippen molar-refractivity contribution in [1.29, 1.82) is 0 Å². The van der Waals surface area contributed by atoms with E-state index >= 15 is 0 Å². The zero-order chi connectivity index (χ0) is 9.97. The number of phenols is 1. The van der Waals surface area contributed by atoms with Crippen LogP contribution < -0.4 is 5.73 Å². The van der Waals surface area contributed by atoms with Crippen LogP contribution in [0.15, 0.2) is 42.5 Å². The fraction of sp³-hybridized carbons (Fsp3) is 0.